The molecule has 0 amide bonds. The fourth-order valence-corrected chi connectivity index (χ4v) is 1.34. The zero-order valence-electron chi connectivity index (χ0n) is 9.64. The van der Waals surface area contributed by atoms with Gasteiger partial charge in [-0.25, -0.2) is 18.7 Å². The molecule has 1 aromatic heterocycles. The SMILES string of the molecule is Cc1nc(Cl)c(NCCOCC(F)F)nc1C. The number of anilines is 1. The number of alkyl halides is 2. The fraction of sp³-hybridized carbons (Fsp3) is 0.600. The Morgan fingerprint density at radius 3 is 2.59 bits per heavy atom. The Balaban J connectivity index is 2.39. The summed E-state index contributed by atoms with van der Waals surface area (Å²) in [5.41, 5.74) is 1.53. The molecule has 0 aromatic carbocycles. The molecule has 0 aliphatic heterocycles. The highest BCUT2D eigenvalue weighted by atomic mass is 35.5. The molecule has 0 spiro atoms. The molecule has 96 valence electrons. The highest BCUT2D eigenvalue weighted by Crippen LogP contribution is 2.17. The van der Waals surface area contributed by atoms with E-state index in [1.807, 2.05) is 13.8 Å². The third-order valence-corrected chi connectivity index (χ3v) is 2.31. The Morgan fingerprint density at radius 2 is 1.94 bits per heavy atom. The number of aryl methyl sites for hydroxylation is 2. The molecule has 0 saturated carbocycles. The molecule has 17 heavy (non-hydrogen) atoms. The third-order valence-electron chi connectivity index (χ3n) is 2.05. The van der Waals surface area contributed by atoms with Crippen LogP contribution < -0.4 is 5.32 Å². The lowest BCUT2D eigenvalue weighted by atomic mass is 10.3. The van der Waals surface area contributed by atoms with Crippen molar-refractivity contribution in [3.8, 4) is 0 Å². The maximum Gasteiger partial charge on any atom is 0.261 e. The van der Waals surface area contributed by atoms with Crippen molar-refractivity contribution in [3.63, 3.8) is 0 Å². The number of nitrogens with zero attached hydrogens (tertiary/aromatic N) is 2. The van der Waals surface area contributed by atoms with Crippen molar-refractivity contribution >= 4 is 17.4 Å². The van der Waals surface area contributed by atoms with Crippen molar-refractivity contribution in [3.05, 3.63) is 16.5 Å². The lowest BCUT2D eigenvalue weighted by Crippen LogP contribution is -2.14. The van der Waals surface area contributed by atoms with Gasteiger partial charge < -0.3 is 10.1 Å². The predicted octanol–water partition coefficient (Wildman–Crippen LogP) is 2.44. The molecule has 4 nitrogen and oxygen atoms in total. The summed E-state index contributed by atoms with van der Waals surface area (Å²) < 4.78 is 28.2. The Hall–Kier alpha value is -1.01. The van der Waals surface area contributed by atoms with Crippen LogP contribution in [0.4, 0.5) is 14.6 Å². The van der Waals surface area contributed by atoms with E-state index in [2.05, 4.69) is 15.3 Å². The zero-order chi connectivity index (χ0) is 12.8. The smallest absolute Gasteiger partial charge is 0.261 e. The lowest BCUT2D eigenvalue weighted by Gasteiger charge is -2.09. The van der Waals surface area contributed by atoms with E-state index >= 15 is 0 Å². The maximum atomic E-state index is 11.8. The van der Waals surface area contributed by atoms with Gasteiger partial charge in [0.15, 0.2) is 11.0 Å². The Labute approximate surface area is 103 Å². The Morgan fingerprint density at radius 1 is 1.29 bits per heavy atom. The van der Waals surface area contributed by atoms with Gasteiger partial charge in [0, 0.05) is 6.54 Å². The van der Waals surface area contributed by atoms with Crippen LogP contribution in [0.1, 0.15) is 11.4 Å². The number of halogens is 3. The van der Waals surface area contributed by atoms with E-state index in [1.54, 1.807) is 0 Å². The molecule has 1 N–H and O–H groups in total. The maximum absolute atomic E-state index is 11.8. The summed E-state index contributed by atoms with van der Waals surface area (Å²) in [5.74, 6) is 0.440. The van der Waals surface area contributed by atoms with Gasteiger partial charge in [0.1, 0.15) is 6.61 Å². The van der Waals surface area contributed by atoms with Crippen molar-refractivity contribution in [2.75, 3.05) is 25.1 Å². The molecule has 0 atom stereocenters. The van der Waals surface area contributed by atoms with Gasteiger partial charge in [-0.05, 0) is 13.8 Å². The van der Waals surface area contributed by atoms with E-state index in [4.69, 9.17) is 16.3 Å². The molecule has 1 heterocycles. The second-order valence-electron chi connectivity index (χ2n) is 3.43. The van der Waals surface area contributed by atoms with Crippen molar-refractivity contribution in [1.29, 1.82) is 0 Å². The number of hydrogen-bond acceptors (Lipinski definition) is 4. The van der Waals surface area contributed by atoms with Crippen LogP contribution in [0, 0.1) is 13.8 Å². The lowest BCUT2D eigenvalue weighted by molar-refractivity contribution is 0.0215. The summed E-state index contributed by atoms with van der Waals surface area (Å²) in [6, 6.07) is 0. The summed E-state index contributed by atoms with van der Waals surface area (Å²) in [6.07, 6.45) is -2.44. The minimum atomic E-state index is -2.44. The molecule has 0 aliphatic carbocycles. The van der Waals surface area contributed by atoms with Crippen LogP contribution >= 0.6 is 11.6 Å². The third kappa shape index (κ3) is 4.79. The van der Waals surface area contributed by atoms with E-state index in [0.717, 1.165) is 11.4 Å². The summed E-state index contributed by atoms with van der Waals surface area (Å²) in [6.45, 7) is 3.58. The first kappa shape index (κ1) is 14.1. The topological polar surface area (TPSA) is 47.0 Å². The Bertz CT molecular complexity index is 377. The number of ether oxygens (including phenoxy) is 1. The predicted molar refractivity (Wildman–Crippen MR) is 61.8 cm³/mol. The van der Waals surface area contributed by atoms with Crippen molar-refractivity contribution in [1.82, 2.24) is 9.97 Å². The second kappa shape index (κ2) is 6.66. The molecule has 7 heteroatoms. The molecule has 1 rings (SSSR count). The molecule has 0 unspecified atom stereocenters. The molecular weight excluding hydrogens is 252 g/mol. The van der Waals surface area contributed by atoms with Crippen molar-refractivity contribution < 1.29 is 13.5 Å². The van der Waals surface area contributed by atoms with Gasteiger partial charge in [-0.3, -0.25) is 0 Å². The molecule has 0 aliphatic rings. The van der Waals surface area contributed by atoms with Crippen molar-refractivity contribution in [2.45, 2.75) is 20.3 Å². The van der Waals surface area contributed by atoms with Crippen LogP contribution in [0.25, 0.3) is 0 Å². The summed E-state index contributed by atoms with van der Waals surface area (Å²) in [5, 5.41) is 3.14. The van der Waals surface area contributed by atoms with Crippen molar-refractivity contribution in [2.24, 2.45) is 0 Å². The fourth-order valence-electron chi connectivity index (χ4n) is 1.10. The monoisotopic (exact) mass is 265 g/mol. The molecule has 0 saturated heterocycles. The van der Waals surface area contributed by atoms with Crippen LogP contribution in [0.3, 0.4) is 0 Å². The van der Waals surface area contributed by atoms with E-state index in [-0.39, 0.29) is 11.8 Å². The van der Waals surface area contributed by atoms with Gasteiger partial charge in [0.25, 0.3) is 6.43 Å². The highest BCUT2D eigenvalue weighted by molar-refractivity contribution is 6.31. The first-order chi connectivity index (χ1) is 8.00. The average molecular weight is 266 g/mol. The Kier molecular flexibility index (Phi) is 5.50. The highest BCUT2D eigenvalue weighted by Gasteiger charge is 2.06. The summed E-state index contributed by atoms with van der Waals surface area (Å²) in [7, 11) is 0. The normalized spacial score (nSPS) is 10.9. The molecular formula is C10H14ClF2N3O. The summed E-state index contributed by atoms with van der Waals surface area (Å²) >= 11 is 5.87. The van der Waals surface area contributed by atoms with Gasteiger partial charge in [-0.15, -0.1) is 0 Å². The van der Waals surface area contributed by atoms with Crippen LogP contribution in [-0.2, 0) is 4.74 Å². The van der Waals surface area contributed by atoms with Crippen LogP contribution in [-0.4, -0.2) is 36.2 Å². The van der Waals surface area contributed by atoms with Gasteiger partial charge in [-0.1, -0.05) is 11.6 Å². The number of nitrogens with one attached hydrogen (secondary N) is 1. The first-order valence-corrected chi connectivity index (χ1v) is 5.49. The van der Waals surface area contributed by atoms with E-state index in [9.17, 15) is 8.78 Å². The van der Waals surface area contributed by atoms with Gasteiger partial charge in [-0.2, -0.15) is 0 Å². The van der Waals surface area contributed by atoms with Gasteiger partial charge in [0.2, 0.25) is 0 Å². The van der Waals surface area contributed by atoms with E-state index < -0.39 is 13.0 Å². The van der Waals surface area contributed by atoms with Crippen LogP contribution in [0.15, 0.2) is 0 Å². The van der Waals surface area contributed by atoms with E-state index in [1.165, 1.54) is 0 Å². The van der Waals surface area contributed by atoms with Crippen LogP contribution in [0.2, 0.25) is 5.15 Å². The second-order valence-corrected chi connectivity index (χ2v) is 3.78. The molecule has 0 fully saturated rings. The number of aromatic nitrogens is 2. The zero-order valence-corrected chi connectivity index (χ0v) is 10.4. The average Bonchev–Trinajstić information content (AvgIpc) is 2.24. The first-order valence-electron chi connectivity index (χ1n) is 5.11. The quantitative estimate of drug-likeness (QED) is 0.803. The number of hydrogen-bond donors (Lipinski definition) is 1. The molecule has 0 radical (unpaired) electrons. The van der Waals surface area contributed by atoms with Gasteiger partial charge in [0.05, 0.1) is 18.0 Å². The standard InChI is InChI=1S/C10H14ClF2N3O/c1-6-7(2)16-10(9(11)15-6)14-3-4-17-5-8(12)13/h8H,3-5H2,1-2H3,(H,14,16). The molecule has 1 aromatic rings. The summed E-state index contributed by atoms with van der Waals surface area (Å²) in [4.78, 5) is 8.28. The minimum absolute atomic E-state index is 0.162. The van der Waals surface area contributed by atoms with Crippen LogP contribution in [0.5, 0.6) is 0 Å². The molecule has 0 bridgehead atoms. The minimum Gasteiger partial charge on any atom is -0.374 e. The largest absolute Gasteiger partial charge is 0.374 e. The van der Waals surface area contributed by atoms with E-state index in [0.29, 0.717) is 12.4 Å². The van der Waals surface area contributed by atoms with Gasteiger partial charge >= 0.3 is 0 Å². The number of rotatable bonds is 6.